The summed E-state index contributed by atoms with van der Waals surface area (Å²) in [6, 6.07) is 7.40. The predicted molar refractivity (Wildman–Crippen MR) is 80.4 cm³/mol. The molecule has 2 unspecified atom stereocenters. The van der Waals surface area contributed by atoms with Gasteiger partial charge in [-0.05, 0) is 43.9 Å². The average molecular weight is 291 g/mol. The molecule has 0 saturated carbocycles. The Labute approximate surface area is 124 Å². The lowest BCUT2D eigenvalue weighted by Gasteiger charge is -2.37. The van der Waals surface area contributed by atoms with Crippen molar-refractivity contribution in [1.29, 1.82) is 0 Å². The highest BCUT2D eigenvalue weighted by Gasteiger charge is 2.39. The molecule has 0 aromatic heterocycles. The fraction of sp³-hybridized carbons (Fsp3) is 0.562. The zero-order valence-electron chi connectivity index (χ0n) is 12.1. The fourth-order valence-corrected chi connectivity index (χ4v) is 3.70. The molecule has 2 saturated heterocycles. The van der Waals surface area contributed by atoms with Gasteiger partial charge in [0.05, 0.1) is 0 Å². The van der Waals surface area contributed by atoms with Crippen LogP contribution in [0.3, 0.4) is 0 Å². The van der Waals surface area contributed by atoms with Crippen LogP contribution in [0.2, 0.25) is 0 Å². The van der Waals surface area contributed by atoms with Crippen LogP contribution in [0.25, 0.3) is 0 Å². The van der Waals surface area contributed by atoms with Crippen LogP contribution < -0.4 is 11.1 Å². The molecule has 2 bridgehead atoms. The number of anilines is 1. The second-order valence-electron chi connectivity index (χ2n) is 6.16. The molecule has 2 fully saturated rings. The maximum atomic E-state index is 13.1. The minimum atomic E-state index is -0.337. The largest absolute Gasteiger partial charge is 0.328 e. The monoisotopic (exact) mass is 291 g/mol. The average Bonchev–Trinajstić information content (AvgIpc) is 2.67. The highest BCUT2D eigenvalue weighted by Crippen LogP contribution is 2.34. The summed E-state index contributed by atoms with van der Waals surface area (Å²) in [6.45, 7) is 0.767. The first-order valence-electron chi connectivity index (χ1n) is 7.68. The lowest BCUT2D eigenvalue weighted by atomic mass is 9.98. The molecule has 5 heteroatoms. The van der Waals surface area contributed by atoms with Crippen molar-refractivity contribution in [3.8, 4) is 0 Å². The molecule has 2 heterocycles. The first-order chi connectivity index (χ1) is 10.1. The molecule has 1 amide bonds. The summed E-state index contributed by atoms with van der Waals surface area (Å²) in [5.41, 5.74) is 6.57. The van der Waals surface area contributed by atoms with Gasteiger partial charge in [0.25, 0.3) is 0 Å². The van der Waals surface area contributed by atoms with E-state index in [9.17, 15) is 9.18 Å². The molecule has 0 spiro atoms. The van der Waals surface area contributed by atoms with E-state index in [0.29, 0.717) is 30.2 Å². The third kappa shape index (κ3) is 3.41. The van der Waals surface area contributed by atoms with E-state index in [2.05, 4.69) is 10.2 Å². The number of fused-ring (bicyclic) bond motifs is 2. The van der Waals surface area contributed by atoms with E-state index in [1.165, 1.54) is 25.0 Å². The molecule has 3 rings (SSSR count). The SMILES string of the molecule is NC1CC2CCC(C1)N2CCC(=O)Nc1cccc(F)c1. The number of carbonyl (C=O) groups excluding carboxylic acids is 1. The number of piperidine rings is 1. The Morgan fingerprint density at radius 1 is 1.33 bits per heavy atom. The van der Waals surface area contributed by atoms with Crippen LogP contribution in [0, 0.1) is 5.82 Å². The number of rotatable bonds is 4. The molecule has 1 aromatic rings. The third-order valence-corrected chi connectivity index (χ3v) is 4.63. The van der Waals surface area contributed by atoms with Crippen LogP contribution in [0.15, 0.2) is 24.3 Å². The van der Waals surface area contributed by atoms with Crippen LogP contribution >= 0.6 is 0 Å². The number of nitrogens with zero attached hydrogens (tertiary/aromatic N) is 1. The van der Waals surface area contributed by atoms with Crippen molar-refractivity contribution in [2.75, 3.05) is 11.9 Å². The lowest BCUT2D eigenvalue weighted by molar-refractivity contribution is -0.116. The maximum absolute atomic E-state index is 13.1. The Balaban J connectivity index is 1.50. The number of nitrogens with two attached hydrogens (primary N) is 1. The van der Waals surface area contributed by atoms with E-state index in [0.717, 1.165) is 19.4 Å². The molecular weight excluding hydrogens is 269 g/mol. The molecule has 0 aliphatic carbocycles. The van der Waals surface area contributed by atoms with Gasteiger partial charge in [0, 0.05) is 36.8 Å². The standard InChI is InChI=1S/C16H22FN3O/c17-11-2-1-3-13(8-11)19-16(21)6-7-20-14-4-5-15(20)10-12(18)9-14/h1-3,8,12,14-15H,4-7,9-10,18H2,(H,19,21). The highest BCUT2D eigenvalue weighted by atomic mass is 19.1. The summed E-state index contributed by atoms with van der Waals surface area (Å²) in [4.78, 5) is 14.4. The Morgan fingerprint density at radius 2 is 2.05 bits per heavy atom. The maximum Gasteiger partial charge on any atom is 0.225 e. The van der Waals surface area contributed by atoms with Crippen molar-refractivity contribution < 1.29 is 9.18 Å². The van der Waals surface area contributed by atoms with E-state index in [-0.39, 0.29) is 11.7 Å². The molecule has 1 aromatic carbocycles. The van der Waals surface area contributed by atoms with Gasteiger partial charge in [-0.2, -0.15) is 0 Å². The van der Waals surface area contributed by atoms with Gasteiger partial charge in [-0.15, -0.1) is 0 Å². The number of carbonyl (C=O) groups is 1. The Bertz CT molecular complexity index is 508. The van der Waals surface area contributed by atoms with Gasteiger partial charge in [0.15, 0.2) is 0 Å². The van der Waals surface area contributed by atoms with Crippen LogP contribution in [-0.2, 0) is 4.79 Å². The molecular formula is C16H22FN3O. The van der Waals surface area contributed by atoms with Crippen LogP contribution in [0.5, 0.6) is 0 Å². The topological polar surface area (TPSA) is 58.4 Å². The van der Waals surface area contributed by atoms with Gasteiger partial charge in [-0.1, -0.05) is 6.07 Å². The fourth-order valence-electron chi connectivity index (χ4n) is 3.70. The summed E-state index contributed by atoms with van der Waals surface area (Å²) < 4.78 is 13.1. The van der Waals surface area contributed by atoms with Gasteiger partial charge in [0.1, 0.15) is 5.82 Å². The smallest absolute Gasteiger partial charge is 0.225 e. The van der Waals surface area contributed by atoms with Crippen molar-refractivity contribution in [2.24, 2.45) is 5.73 Å². The van der Waals surface area contributed by atoms with E-state index < -0.39 is 0 Å². The molecule has 4 nitrogen and oxygen atoms in total. The number of hydrogen-bond acceptors (Lipinski definition) is 3. The second-order valence-corrected chi connectivity index (χ2v) is 6.16. The van der Waals surface area contributed by atoms with E-state index in [1.807, 2.05) is 0 Å². The Morgan fingerprint density at radius 3 is 2.71 bits per heavy atom. The number of benzene rings is 1. The first kappa shape index (κ1) is 14.5. The van der Waals surface area contributed by atoms with Crippen molar-refractivity contribution >= 4 is 11.6 Å². The van der Waals surface area contributed by atoms with Crippen molar-refractivity contribution in [1.82, 2.24) is 4.90 Å². The predicted octanol–water partition coefficient (Wildman–Crippen LogP) is 2.11. The number of nitrogens with one attached hydrogen (secondary N) is 1. The lowest BCUT2D eigenvalue weighted by Crippen LogP contribution is -2.48. The minimum absolute atomic E-state index is 0.0603. The number of hydrogen-bond donors (Lipinski definition) is 2. The zero-order valence-corrected chi connectivity index (χ0v) is 12.1. The number of halogens is 1. The molecule has 0 radical (unpaired) electrons. The van der Waals surface area contributed by atoms with Crippen molar-refractivity contribution in [3.05, 3.63) is 30.1 Å². The van der Waals surface area contributed by atoms with Crippen LogP contribution in [0.4, 0.5) is 10.1 Å². The zero-order chi connectivity index (χ0) is 14.8. The Hall–Kier alpha value is -1.46. The van der Waals surface area contributed by atoms with Crippen molar-refractivity contribution in [3.63, 3.8) is 0 Å². The normalized spacial score (nSPS) is 28.6. The summed E-state index contributed by atoms with van der Waals surface area (Å²) in [5, 5.41) is 2.75. The van der Waals surface area contributed by atoms with E-state index >= 15 is 0 Å². The third-order valence-electron chi connectivity index (χ3n) is 4.63. The molecule has 114 valence electrons. The van der Waals surface area contributed by atoms with Crippen molar-refractivity contribution in [2.45, 2.75) is 50.2 Å². The Kier molecular flexibility index (Phi) is 4.22. The van der Waals surface area contributed by atoms with Crippen LogP contribution in [-0.4, -0.2) is 35.5 Å². The van der Waals surface area contributed by atoms with E-state index in [1.54, 1.807) is 12.1 Å². The molecule has 2 aliphatic rings. The summed E-state index contributed by atoms with van der Waals surface area (Å²) in [7, 11) is 0. The quantitative estimate of drug-likeness (QED) is 0.893. The molecule has 3 N–H and O–H groups in total. The molecule has 21 heavy (non-hydrogen) atoms. The summed E-state index contributed by atoms with van der Waals surface area (Å²) in [5.74, 6) is -0.397. The second kappa shape index (κ2) is 6.12. The first-order valence-corrected chi connectivity index (χ1v) is 7.68. The molecule has 2 atom stereocenters. The van der Waals surface area contributed by atoms with Gasteiger partial charge in [0.2, 0.25) is 5.91 Å². The van der Waals surface area contributed by atoms with Crippen LogP contribution in [0.1, 0.15) is 32.1 Å². The molecule has 2 aliphatic heterocycles. The highest BCUT2D eigenvalue weighted by molar-refractivity contribution is 5.90. The van der Waals surface area contributed by atoms with Gasteiger partial charge in [-0.25, -0.2) is 4.39 Å². The van der Waals surface area contributed by atoms with Gasteiger partial charge >= 0.3 is 0 Å². The summed E-state index contributed by atoms with van der Waals surface area (Å²) in [6.07, 6.45) is 4.93. The minimum Gasteiger partial charge on any atom is -0.328 e. The van der Waals surface area contributed by atoms with Gasteiger partial charge < -0.3 is 11.1 Å². The number of amides is 1. The van der Waals surface area contributed by atoms with Gasteiger partial charge in [-0.3, -0.25) is 9.69 Å². The van der Waals surface area contributed by atoms with E-state index in [4.69, 9.17) is 5.73 Å². The summed E-state index contributed by atoms with van der Waals surface area (Å²) >= 11 is 0.